The normalized spacial score (nSPS) is 11.5. The molecule has 2 heteroatoms. The predicted molar refractivity (Wildman–Crippen MR) is 44.4 cm³/mol. The number of hydroxylamine groups is 1. The fourth-order valence-corrected chi connectivity index (χ4v) is 0.919. The van der Waals surface area contributed by atoms with Gasteiger partial charge in [-0.15, -0.1) is 0 Å². The topological polar surface area (TPSA) is 32.3 Å². The van der Waals surface area contributed by atoms with Gasteiger partial charge in [0, 0.05) is 0 Å². The zero-order valence-electron chi connectivity index (χ0n) is 6.83. The number of rotatable bonds is 2. The molecule has 0 saturated heterocycles. The second-order valence-corrected chi connectivity index (χ2v) is 3.10. The Hall–Kier alpha value is -0.860. The third-order valence-corrected chi connectivity index (χ3v) is 1.77. The molecule has 11 heavy (non-hydrogen) atoms. The summed E-state index contributed by atoms with van der Waals surface area (Å²) in [5.74, 6) is 0. The van der Waals surface area contributed by atoms with Crippen molar-refractivity contribution in [2.45, 2.75) is 19.4 Å². The van der Waals surface area contributed by atoms with Gasteiger partial charge in [0.05, 0.1) is 5.54 Å². The smallest absolute Gasteiger partial charge is 0.0622 e. The summed E-state index contributed by atoms with van der Waals surface area (Å²) in [5, 5.41) is 8.80. The molecule has 0 saturated carbocycles. The molecule has 2 nitrogen and oxygen atoms in total. The minimum atomic E-state index is -0.360. The molecule has 0 heterocycles. The van der Waals surface area contributed by atoms with Gasteiger partial charge < -0.3 is 5.21 Å². The molecule has 1 aromatic carbocycles. The maximum Gasteiger partial charge on any atom is 0.0622 e. The van der Waals surface area contributed by atoms with Gasteiger partial charge in [-0.05, 0) is 19.4 Å². The van der Waals surface area contributed by atoms with Crippen molar-refractivity contribution in [1.29, 1.82) is 0 Å². The van der Waals surface area contributed by atoms with Crippen LogP contribution in [0.2, 0.25) is 0 Å². The van der Waals surface area contributed by atoms with Crippen molar-refractivity contribution in [2.75, 3.05) is 0 Å². The van der Waals surface area contributed by atoms with E-state index in [0.29, 0.717) is 0 Å². The van der Waals surface area contributed by atoms with Crippen molar-refractivity contribution in [3.05, 3.63) is 35.9 Å². The fraction of sp³-hybridized carbons (Fsp3) is 0.333. The Kier molecular flexibility index (Phi) is 2.27. The molecular weight excluding hydrogens is 138 g/mol. The highest BCUT2D eigenvalue weighted by atomic mass is 16.5. The Bertz CT molecular complexity index is 218. The molecule has 0 unspecified atom stereocenters. The molecule has 0 radical (unpaired) electrons. The molecular formula is C9H13NO. The number of nitrogens with one attached hydrogen (secondary N) is 1. The average Bonchev–Trinajstić information content (AvgIpc) is 2.06. The summed E-state index contributed by atoms with van der Waals surface area (Å²) in [4.78, 5) is 0. The fourth-order valence-electron chi connectivity index (χ4n) is 0.919. The van der Waals surface area contributed by atoms with Gasteiger partial charge in [0.25, 0.3) is 0 Å². The lowest BCUT2D eigenvalue weighted by atomic mass is 9.96. The molecule has 0 bridgehead atoms. The van der Waals surface area contributed by atoms with Crippen LogP contribution in [0.4, 0.5) is 0 Å². The van der Waals surface area contributed by atoms with Gasteiger partial charge in [-0.1, -0.05) is 30.3 Å². The van der Waals surface area contributed by atoms with Crippen LogP contribution in [-0.4, -0.2) is 5.21 Å². The van der Waals surface area contributed by atoms with Crippen molar-refractivity contribution < 1.29 is 5.21 Å². The first-order valence-corrected chi connectivity index (χ1v) is 3.63. The Morgan fingerprint density at radius 3 is 2.18 bits per heavy atom. The monoisotopic (exact) mass is 151 g/mol. The molecule has 0 amide bonds. The molecule has 0 fully saturated rings. The van der Waals surface area contributed by atoms with Crippen molar-refractivity contribution in [1.82, 2.24) is 5.48 Å². The Morgan fingerprint density at radius 1 is 1.18 bits per heavy atom. The maximum atomic E-state index is 8.80. The molecule has 0 spiro atoms. The van der Waals surface area contributed by atoms with E-state index >= 15 is 0 Å². The molecule has 2 N–H and O–H groups in total. The average molecular weight is 151 g/mol. The van der Waals surface area contributed by atoms with Gasteiger partial charge in [-0.25, -0.2) is 0 Å². The lowest BCUT2D eigenvalue weighted by Crippen LogP contribution is -2.33. The summed E-state index contributed by atoms with van der Waals surface area (Å²) in [6, 6.07) is 9.81. The third kappa shape index (κ3) is 1.79. The number of benzene rings is 1. The lowest BCUT2D eigenvalue weighted by molar-refractivity contribution is 0.0806. The highest BCUT2D eigenvalue weighted by molar-refractivity contribution is 5.21. The Labute approximate surface area is 66.8 Å². The SMILES string of the molecule is CC(C)(NO)c1ccccc1. The highest BCUT2D eigenvalue weighted by Gasteiger charge is 2.17. The van der Waals surface area contributed by atoms with Crippen LogP contribution < -0.4 is 5.48 Å². The summed E-state index contributed by atoms with van der Waals surface area (Å²) in [6.45, 7) is 3.84. The van der Waals surface area contributed by atoms with E-state index in [-0.39, 0.29) is 5.54 Å². The van der Waals surface area contributed by atoms with E-state index in [4.69, 9.17) is 5.21 Å². The molecule has 0 aliphatic carbocycles. The van der Waals surface area contributed by atoms with Crippen LogP contribution in [-0.2, 0) is 5.54 Å². The van der Waals surface area contributed by atoms with Crippen molar-refractivity contribution in [2.24, 2.45) is 0 Å². The summed E-state index contributed by atoms with van der Waals surface area (Å²) in [7, 11) is 0. The number of hydrogen-bond donors (Lipinski definition) is 2. The van der Waals surface area contributed by atoms with E-state index in [2.05, 4.69) is 5.48 Å². The summed E-state index contributed by atoms with van der Waals surface area (Å²) in [5.41, 5.74) is 2.97. The summed E-state index contributed by atoms with van der Waals surface area (Å²) < 4.78 is 0. The van der Waals surface area contributed by atoms with E-state index < -0.39 is 0 Å². The zero-order valence-corrected chi connectivity index (χ0v) is 6.83. The number of hydrogen-bond acceptors (Lipinski definition) is 2. The van der Waals surface area contributed by atoms with Crippen LogP contribution in [0, 0.1) is 0 Å². The molecule has 1 aromatic rings. The minimum Gasteiger partial charge on any atom is -0.316 e. The van der Waals surface area contributed by atoms with Crippen molar-refractivity contribution in [3.63, 3.8) is 0 Å². The first kappa shape index (κ1) is 8.24. The third-order valence-electron chi connectivity index (χ3n) is 1.77. The van der Waals surface area contributed by atoms with Crippen LogP contribution >= 0.6 is 0 Å². The molecule has 0 atom stereocenters. The highest BCUT2D eigenvalue weighted by Crippen LogP contribution is 2.17. The summed E-state index contributed by atoms with van der Waals surface area (Å²) >= 11 is 0. The maximum absolute atomic E-state index is 8.80. The molecule has 0 aromatic heterocycles. The van der Waals surface area contributed by atoms with Crippen LogP contribution in [0.5, 0.6) is 0 Å². The van der Waals surface area contributed by atoms with Crippen molar-refractivity contribution >= 4 is 0 Å². The van der Waals surface area contributed by atoms with E-state index in [1.54, 1.807) is 0 Å². The van der Waals surface area contributed by atoms with E-state index in [1.807, 2.05) is 44.2 Å². The quantitative estimate of drug-likeness (QED) is 0.633. The van der Waals surface area contributed by atoms with Crippen LogP contribution in [0.3, 0.4) is 0 Å². The van der Waals surface area contributed by atoms with Crippen LogP contribution in [0.25, 0.3) is 0 Å². The predicted octanol–water partition coefficient (Wildman–Crippen LogP) is 1.90. The first-order valence-electron chi connectivity index (χ1n) is 3.63. The largest absolute Gasteiger partial charge is 0.316 e. The summed E-state index contributed by atoms with van der Waals surface area (Å²) in [6.07, 6.45) is 0. The van der Waals surface area contributed by atoms with Gasteiger partial charge >= 0.3 is 0 Å². The van der Waals surface area contributed by atoms with Crippen LogP contribution in [0.1, 0.15) is 19.4 Å². The molecule has 60 valence electrons. The lowest BCUT2D eigenvalue weighted by Gasteiger charge is -2.22. The van der Waals surface area contributed by atoms with Crippen LogP contribution in [0.15, 0.2) is 30.3 Å². The minimum absolute atomic E-state index is 0.360. The van der Waals surface area contributed by atoms with Gasteiger partial charge in [-0.3, -0.25) is 0 Å². The molecule has 1 rings (SSSR count). The standard InChI is InChI=1S/C9H13NO/c1-9(2,10-11)8-6-4-3-5-7-8/h3-7,10-11H,1-2H3. The zero-order chi connectivity index (χ0) is 8.32. The first-order chi connectivity index (χ1) is 5.17. The second-order valence-electron chi connectivity index (χ2n) is 3.10. The van der Waals surface area contributed by atoms with Gasteiger partial charge in [0.1, 0.15) is 0 Å². The van der Waals surface area contributed by atoms with E-state index in [1.165, 1.54) is 0 Å². The second kappa shape index (κ2) is 3.03. The van der Waals surface area contributed by atoms with Gasteiger partial charge in [0.15, 0.2) is 0 Å². The van der Waals surface area contributed by atoms with Gasteiger partial charge in [-0.2, -0.15) is 5.48 Å². The van der Waals surface area contributed by atoms with E-state index in [9.17, 15) is 0 Å². The Morgan fingerprint density at radius 2 is 1.73 bits per heavy atom. The van der Waals surface area contributed by atoms with E-state index in [0.717, 1.165) is 5.56 Å². The van der Waals surface area contributed by atoms with Gasteiger partial charge in [0.2, 0.25) is 0 Å². The van der Waals surface area contributed by atoms with Crippen molar-refractivity contribution in [3.8, 4) is 0 Å². The Balaban J connectivity index is 2.93. The molecule has 0 aliphatic rings. The molecule has 0 aliphatic heterocycles.